The van der Waals surface area contributed by atoms with Crippen molar-refractivity contribution in [1.82, 2.24) is 15.3 Å². The van der Waals surface area contributed by atoms with Crippen LogP contribution in [0.3, 0.4) is 0 Å². The van der Waals surface area contributed by atoms with Gasteiger partial charge in [-0.1, -0.05) is 6.92 Å². The first-order valence-corrected chi connectivity index (χ1v) is 4.66. The first-order chi connectivity index (χ1) is 6.31. The molecule has 0 saturated heterocycles. The van der Waals surface area contributed by atoms with Gasteiger partial charge in [-0.3, -0.25) is 0 Å². The van der Waals surface area contributed by atoms with Gasteiger partial charge < -0.3 is 11.1 Å². The van der Waals surface area contributed by atoms with Gasteiger partial charge in [-0.15, -0.1) is 0 Å². The SMILES string of the molecule is CCc1nc(N)nc2c1CCNC2. The van der Waals surface area contributed by atoms with Crippen LogP contribution in [0.2, 0.25) is 0 Å². The van der Waals surface area contributed by atoms with Crippen LogP contribution in [-0.4, -0.2) is 16.5 Å². The van der Waals surface area contributed by atoms with Crippen LogP contribution in [0.5, 0.6) is 0 Å². The second-order valence-corrected chi connectivity index (χ2v) is 3.23. The fraction of sp³-hybridized carbons (Fsp3) is 0.556. The van der Waals surface area contributed by atoms with Gasteiger partial charge >= 0.3 is 0 Å². The van der Waals surface area contributed by atoms with Crippen molar-refractivity contribution in [3.8, 4) is 0 Å². The number of fused-ring (bicyclic) bond motifs is 1. The summed E-state index contributed by atoms with van der Waals surface area (Å²) in [7, 11) is 0. The highest BCUT2D eigenvalue weighted by molar-refractivity contribution is 5.33. The Morgan fingerprint density at radius 1 is 1.46 bits per heavy atom. The molecule has 0 radical (unpaired) electrons. The van der Waals surface area contributed by atoms with E-state index < -0.39 is 0 Å². The van der Waals surface area contributed by atoms with Crippen LogP contribution in [0, 0.1) is 0 Å². The molecule has 0 bridgehead atoms. The predicted octanol–water partition coefficient (Wildman–Crippen LogP) is 0.267. The largest absolute Gasteiger partial charge is 0.368 e. The highest BCUT2D eigenvalue weighted by Gasteiger charge is 2.14. The van der Waals surface area contributed by atoms with E-state index in [9.17, 15) is 0 Å². The van der Waals surface area contributed by atoms with Crippen LogP contribution >= 0.6 is 0 Å². The molecule has 4 heteroatoms. The number of hydrogen-bond acceptors (Lipinski definition) is 4. The summed E-state index contributed by atoms with van der Waals surface area (Å²) in [6.45, 7) is 3.95. The number of hydrogen-bond donors (Lipinski definition) is 2. The highest BCUT2D eigenvalue weighted by Crippen LogP contribution is 2.16. The molecule has 0 aliphatic carbocycles. The molecule has 0 unspecified atom stereocenters. The highest BCUT2D eigenvalue weighted by atomic mass is 15.0. The average molecular weight is 178 g/mol. The Balaban J connectivity index is 2.50. The van der Waals surface area contributed by atoms with Crippen molar-refractivity contribution in [3.05, 3.63) is 17.0 Å². The summed E-state index contributed by atoms with van der Waals surface area (Å²) in [5.41, 5.74) is 9.10. The Kier molecular flexibility index (Phi) is 2.14. The van der Waals surface area contributed by atoms with Gasteiger partial charge in [0.05, 0.1) is 5.69 Å². The van der Waals surface area contributed by atoms with E-state index in [1.54, 1.807) is 0 Å². The summed E-state index contributed by atoms with van der Waals surface area (Å²) < 4.78 is 0. The van der Waals surface area contributed by atoms with Crippen molar-refractivity contribution < 1.29 is 0 Å². The molecule has 70 valence electrons. The third kappa shape index (κ3) is 1.49. The fourth-order valence-corrected chi connectivity index (χ4v) is 1.75. The number of nitrogens with zero attached hydrogens (tertiary/aromatic N) is 2. The zero-order valence-corrected chi connectivity index (χ0v) is 7.80. The zero-order valence-electron chi connectivity index (χ0n) is 7.80. The van der Waals surface area contributed by atoms with Crippen molar-refractivity contribution >= 4 is 5.95 Å². The maximum absolute atomic E-state index is 5.61. The number of aryl methyl sites for hydroxylation is 1. The molecule has 1 aliphatic rings. The normalized spacial score (nSPS) is 15.5. The molecule has 2 heterocycles. The second-order valence-electron chi connectivity index (χ2n) is 3.23. The van der Waals surface area contributed by atoms with Crippen molar-refractivity contribution in [1.29, 1.82) is 0 Å². The van der Waals surface area contributed by atoms with Crippen molar-refractivity contribution in [2.45, 2.75) is 26.3 Å². The molecular formula is C9H14N4. The van der Waals surface area contributed by atoms with Gasteiger partial charge in [0.1, 0.15) is 0 Å². The quantitative estimate of drug-likeness (QED) is 0.647. The minimum absolute atomic E-state index is 0.402. The number of nitrogens with one attached hydrogen (secondary N) is 1. The molecule has 1 aromatic rings. The first kappa shape index (κ1) is 8.44. The number of nitrogen functional groups attached to an aromatic ring is 1. The summed E-state index contributed by atoms with van der Waals surface area (Å²) in [6, 6.07) is 0. The van der Waals surface area contributed by atoms with Gasteiger partial charge in [0.2, 0.25) is 5.95 Å². The topological polar surface area (TPSA) is 63.8 Å². The predicted molar refractivity (Wildman–Crippen MR) is 51.2 cm³/mol. The Bertz CT molecular complexity index is 304. The van der Waals surface area contributed by atoms with E-state index in [0.717, 1.165) is 37.3 Å². The Labute approximate surface area is 77.6 Å². The van der Waals surface area contributed by atoms with E-state index in [4.69, 9.17) is 5.73 Å². The molecule has 1 aliphatic heterocycles. The van der Waals surface area contributed by atoms with Crippen LogP contribution in [0.4, 0.5) is 5.95 Å². The molecule has 13 heavy (non-hydrogen) atoms. The Morgan fingerprint density at radius 2 is 2.31 bits per heavy atom. The van der Waals surface area contributed by atoms with Crippen molar-refractivity contribution in [2.75, 3.05) is 12.3 Å². The standard InChI is InChI=1S/C9H14N4/c1-2-7-6-3-4-11-5-8(6)13-9(10)12-7/h11H,2-5H2,1H3,(H2,10,12,13). The Morgan fingerprint density at radius 3 is 3.08 bits per heavy atom. The van der Waals surface area contributed by atoms with Crippen LogP contribution in [0.15, 0.2) is 0 Å². The van der Waals surface area contributed by atoms with Gasteiger partial charge in [-0.05, 0) is 24.9 Å². The third-order valence-electron chi connectivity index (χ3n) is 2.37. The van der Waals surface area contributed by atoms with Gasteiger partial charge in [0, 0.05) is 12.2 Å². The fourth-order valence-electron chi connectivity index (χ4n) is 1.75. The lowest BCUT2D eigenvalue weighted by Crippen LogP contribution is -2.26. The molecular weight excluding hydrogens is 164 g/mol. The lowest BCUT2D eigenvalue weighted by Gasteiger charge is -2.18. The molecule has 0 saturated carbocycles. The third-order valence-corrected chi connectivity index (χ3v) is 2.37. The molecule has 0 atom stereocenters. The molecule has 0 aromatic carbocycles. The first-order valence-electron chi connectivity index (χ1n) is 4.66. The lowest BCUT2D eigenvalue weighted by atomic mass is 10.0. The minimum Gasteiger partial charge on any atom is -0.368 e. The van der Waals surface area contributed by atoms with E-state index in [1.165, 1.54) is 5.56 Å². The lowest BCUT2D eigenvalue weighted by molar-refractivity contribution is 0.617. The van der Waals surface area contributed by atoms with Crippen LogP contribution in [-0.2, 0) is 19.4 Å². The van der Waals surface area contributed by atoms with Crippen LogP contribution < -0.4 is 11.1 Å². The van der Waals surface area contributed by atoms with Gasteiger partial charge in [0.25, 0.3) is 0 Å². The molecule has 2 rings (SSSR count). The van der Waals surface area contributed by atoms with Crippen LogP contribution in [0.25, 0.3) is 0 Å². The molecule has 4 nitrogen and oxygen atoms in total. The maximum atomic E-state index is 5.61. The summed E-state index contributed by atoms with van der Waals surface area (Å²) in [4.78, 5) is 8.47. The smallest absolute Gasteiger partial charge is 0.220 e. The van der Waals surface area contributed by atoms with Crippen molar-refractivity contribution in [3.63, 3.8) is 0 Å². The van der Waals surface area contributed by atoms with E-state index in [2.05, 4.69) is 22.2 Å². The number of rotatable bonds is 1. The summed E-state index contributed by atoms with van der Waals surface area (Å²) in [5, 5.41) is 3.27. The zero-order chi connectivity index (χ0) is 9.26. The van der Waals surface area contributed by atoms with E-state index in [1.807, 2.05) is 0 Å². The van der Waals surface area contributed by atoms with E-state index in [-0.39, 0.29) is 0 Å². The Hall–Kier alpha value is -1.16. The van der Waals surface area contributed by atoms with E-state index in [0.29, 0.717) is 5.95 Å². The monoisotopic (exact) mass is 178 g/mol. The number of aromatic nitrogens is 2. The molecule has 0 amide bonds. The van der Waals surface area contributed by atoms with Gasteiger partial charge in [0.15, 0.2) is 0 Å². The molecule has 3 N–H and O–H groups in total. The molecule has 1 aromatic heterocycles. The number of nitrogens with two attached hydrogens (primary N) is 1. The maximum Gasteiger partial charge on any atom is 0.220 e. The minimum atomic E-state index is 0.402. The van der Waals surface area contributed by atoms with Crippen molar-refractivity contribution in [2.24, 2.45) is 0 Å². The van der Waals surface area contributed by atoms with Crippen LogP contribution in [0.1, 0.15) is 23.9 Å². The summed E-state index contributed by atoms with van der Waals surface area (Å²) in [6.07, 6.45) is 1.97. The average Bonchev–Trinajstić information content (AvgIpc) is 2.16. The second kappa shape index (κ2) is 3.30. The summed E-state index contributed by atoms with van der Waals surface area (Å²) >= 11 is 0. The van der Waals surface area contributed by atoms with Gasteiger partial charge in [-0.25, -0.2) is 9.97 Å². The summed E-state index contributed by atoms with van der Waals surface area (Å²) in [5.74, 6) is 0.402. The number of anilines is 1. The molecule has 0 fully saturated rings. The molecule has 0 spiro atoms. The van der Waals surface area contributed by atoms with E-state index >= 15 is 0 Å². The van der Waals surface area contributed by atoms with Gasteiger partial charge in [-0.2, -0.15) is 0 Å².